The molecule has 1 N–H and O–H groups in total. The minimum atomic E-state index is -1.06. The maximum atomic E-state index is 13.1. The van der Waals surface area contributed by atoms with Gasteiger partial charge in [-0.15, -0.1) is 0 Å². The van der Waals surface area contributed by atoms with Crippen molar-refractivity contribution in [1.82, 2.24) is 9.97 Å². The van der Waals surface area contributed by atoms with Crippen LogP contribution < -0.4 is 0 Å². The normalized spacial score (nSPS) is 10.3. The fourth-order valence-electron chi connectivity index (χ4n) is 1.44. The fourth-order valence-corrected chi connectivity index (χ4v) is 1.44. The van der Waals surface area contributed by atoms with Crippen molar-refractivity contribution in [3.05, 3.63) is 47.9 Å². The van der Waals surface area contributed by atoms with E-state index in [-0.39, 0.29) is 12.2 Å². The first kappa shape index (κ1) is 12.1. The van der Waals surface area contributed by atoms with Crippen molar-refractivity contribution in [2.75, 3.05) is 0 Å². The van der Waals surface area contributed by atoms with Crippen LogP contribution >= 0.6 is 0 Å². The molecule has 2 aromatic rings. The van der Waals surface area contributed by atoms with E-state index in [1.807, 2.05) is 0 Å². The summed E-state index contributed by atoms with van der Waals surface area (Å²) in [6, 6.07) is 4.86. The molecular formula is C12H8F2N2O2. The molecule has 0 aliphatic heterocycles. The molecule has 0 saturated heterocycles. The lowest BCUT2D eigenvalue weighted by Crippen LogP contribution is -2.05. The molecule has 0 unspecified atom stereocenters. The van der Waals surface area contributed by atoms with Crippen LogP contribution in [0.1, 0.15) is 5.82 Å². The monoisotopic (exact) mass is 250 g/mol. The predicted molar refractivity (Wildman–Crippen MR) is 58.7 cm³/mol. The van der Waals surface area contributed by atoms with E-state index in [0.29, 0.717) is 11.3 Å². The molecule has 0 amide bonds. The number of hydrogen-bond acceptors (Lipinski definition) is 3. The van der Waals surface area contributed by atoms with Gasteiger partial charge in [0.1, 0.15) is 12.2 Å². The van der Waals surface area contributed by atoms with Crippen LogP contribution in [-0.4, -0.2) is 21.0 Å². The van der Waals surface area contributed by atoms with E-state index in [2.05, 4.69) is 9.97 Å². The molecule has 1 heterocycles. The van der Waals surface area contributed by atoms with Crippen molar-refractivity contribution < 1.29 is 18.7 Å². The summed E-state index contributed by atoms with van der Waals surface area (Å²) in [5, 5.41) is 8.62. The molecule has 1 aromatic heterocycles. The number of halogens is 2. The van der Waals surface area contributed by atoms with Gasteiger partial charge in [0.05, 0.1) is 5.69 Å². The molecule has 0 spiro atoms. The number of carbonyl (C=O) groups is 1. The highest BCUT2D eigenvalue weighted by Gasteiger charge is 2.08. The van der Waals surface area contributed by atoms with Crippen LogP contribution in [-0.2, 0) is 11.2 Å². The molecule has 1 aromatic carbocycles. The van der Waals surface area contributed by atoms with Crippen LogP contribution in [0.2, 0.25) is 0 Å². The first-order chi connectivity index (χ1) is 8.56. The van der Waals surface area contributed by atoms with Crippen molar-refractivity contribution in [3.63, 3.8) is 0 Å². The van der Waals surface area contributed by atoms with Crippen LogP contribution in [0.4, 0.5) is 8.78 Å². The Morgan fingerprint density at radius 2 is 2.00 bits per heavy atom. The summed E-state index contributed by atoms with van der Waals surface area (Å²) in [6.45, 7) is 0. The molecular weight excluding hydrogens is 242 g/mol. The zero-order valence-electron chi connectivity index (χ0n) is 9.10. The Kier molecular flexibility index (Phi) is 3.27. The third-order valence-corrected chi connectivity index (χ3v) is 2.23. The SMILES string of the molecule is O=C(O)Cc1nccc(-c2ccc(F)c(F)c2)n1. The Balaban J connectivity index is 2.38. The number of carboxylic acid groups (broad SMARTS) is 1. The van der Waals surface area contributed by atoms with Gasteiger partial charge in [0.15, 0.2) is 11.6 Å². The molecule has 0 saturated carbocycles. The Morgan fingerprint density at radius 1 is 1.22 bits per heavy atom. The molecule has 0 radical (unpaired) electrons. The van der Waals surface area contributed by atoms with Crippen molar-refractivity contribution >= 4 is 5.97 Å². The Bertz CT molecular complexity index is 602. The molecule has 0 aliphatic carbocycles. The number of aliphatic carboxylic acids is 1. The summed E-state index contributed by atoms with van der Waals surface area (Å²) in [5.74, 6) is -2.87. The van der Waals surface area contributed by atoms with Crippen LogP contribution in [0.5, 0.6) is 0 Å². The summed E-state index contributed by atoms with van der Waals surface area (Å²) < 4.78 is 25.8. The topological polar surface area (TPSA) is 63.1 Å². The average Bonchev–Trinajstić information content (AvgIpc) is 2.32. The van der Waals surface area contributed by atoms with Gasteiger partial charge in [-0.2, -0.15) is 0 Å². The van der Waals surface area contributed by atoms with E-state index in [1.54, 1.807) is 0 Å². The number of nitrogens with zero attached hydrogens (tertiary/aromatic N) is 2. The Labute approximate surface area is 101 Å². The number of rotatable bonds is 3. The zero-order chi connectivity index (χ0) is 13.1. The second-order valence-corrected chi connectivity index (χ2v) is 3.56. The van der Waals surface area contributed by atoms with E-state index in [4.69, 9.17) is 5.11 Å². The summed E-state index contributed by atoms with van der Waals surface area (Å²) >= 11 is 0. The number of hydrogen-bond donors (Lipinski definition) is 1. The summed E-state index contributed by atoms with van der Waals surface area (Å²) in [6.07, 6.45) is 1.05. The quantitative estimate of drug-likeness (QED) is 0.905. The second kappa shape index (κ2) is 4.87. The first-order valence-electron chi connectivity index (χ1n) is 5.05. The number of aromatic nitrogens is 2. The van der Waals surface area contributed by atoms with Crippen LogP contribution in [0.25, 0.3) is 11.3 Å². The third-order valence-electron chi connectivity index (χ3n) is 2.23. The number of carboxylic acids is 1. The highest BCUT2D eigenvalue weighted by atomic mass is 19.2. The lowest BCUT2D eigenvalue weighted by molar-refractivity contribution is -0.136. The van der Waals surface area contributed by atoms with Gasteiger partial charge in [0.2, 0.25) is 0 Å². The maximum absolute atomic E-state index is 13.1. The van der Waals surface area contributed by atoms with Gasteiger partial charge in [-0.25, -0.2) is 18.7 Å². The highest BCUT2D eigenvalue weighted by Crippen LogP contribution is 2.19. The largest absolute Gasteiger partial charge is 0.481 e. The van der Waals surface area contributed by atoms with Crippen LogP contribution in [0, 0.1) is 11.6 Å². The van der Waals surface area contributed by atoms with Gasteiger partial charge in [-0.3, -0.25) is 4.79 Å². The highest BCUT2D eigenvalue weighted by molar-refractivity contribution is 5.69. The average molecular weight is 250 g/mol. The zero-order valence-corrected chi connectivity index (χ0v) is 9.10. The first-order valence-corrected chi connectivity index (χ1v) is 5.05. The molecule has 92 valence electrons. The smallest absolute Gasteiger partial charge is 0.311 e. The van der Waals surface area contributed by atoms with E-state index < -0.39 is 17.6 Å². The number of benzene rings is 1. The van der Waals surface area contributed by atoms with Gasteiger partial charge in [-0.1, -0.05) is 0 Å². The van der Waals surface area contributed by atoms with Crippen molar-refractivity contribution in [2.24, 2.45) is 0 Å². The van der Waals surface area contributed by atoms with E-state index in [0.717, 1.165) is 12.1 Å². The van der Waals surface area contributed by atoms with Gasteiger partial charge in [0, 0.05) is 11.8 Å². The van der Waals surface area contributed by atoms with Crippen LogP contribution in [0.3, 0.4) is 0 Å². The summed E-state index contributed by atoms with van der Waals surface area (Å²) in [7, 11) is 0. The minimum Gasteiger partial charge on any atom is -0.481 e. The molecule has 0 aliphatic rings. The Hall–Kier alpha value is -2.37. The van der Waals surface area contributed by atoms with Gasteiger partial charge >= 0.3 is 5.97 Å². The van der Waals surface area contributed by atoms with Crippen molar-refractivity contribution in [3.8, 4) is 11.3 Å². The maximum Gasteiger partial charge on any atom is 0.311 e. The van der Waals surface area contributed by atoms with Gasteiger partial charge in [0.25, 0.3) is 0 Å². The van der Waals surface area contributed by atoms with Crippen LogP contribution in [0.15, 0.2) is 30.5 Å². The lowest BCUT2D eigenvalue weighted by Gasteiger charge is -2.03. The molecule has 2 rings (SSSR count). The van der Waals surface area contributed by atoms with Crippen molar-refractivity contribution in [1.29, 1.82) is 0 Å². The van der Waals surface area contributed by atoms with Gasteiger partial charge < -0.3 is 5.11 Å². The second-order valence-electron chi connectivity index (χ2n) is 3.56. The lowest BCUT2D eigenvalue weighted by atomic mass is 10.1. The molecule has 0 atom stereocenters. The third kappa shape index (κ3) is 2.65. The molecule has 18 heavy (non-hydrogen) atoms. The molecule has 0 bridgehead atoms. The molecule has 4 nitrogen and oxygen atoms in total. The van der Waals surface area contributed by atoms with Crippen molar-refractivity contribution in [2.45, 2.75) is 6.42 Å². The predicted octanol–water partition coefficient (Wildman–Crippen LogP) is 2.05. The summed E-state index contributed by atoms with van der Waals surface area (Å²) in [5.41, 5.74) is 0.711. The summed E-state index contributed by atoms with van der Waals surface area (Å²) in [4.78, 5) is 18.3. The standard InChI is InChI=1S/C12H8F2N2O2/c13-8-2-1-7(5-9(8)14)10-3-4-15-11(16-10)6-12(17)18/h1-5H,6H2,(H,17,18). The fraction of sp³-hybridized carbons (Fsp3) is 0.0833. The van der Waals surface area contributed by atoms with Gasteiger partial charge in [-0.05, 0) is 24.3 Å². The molecule has 0 fully saturated rings. The minimum absolute atomic E-state index is 0.115. The molecule has 6 heteroatoms. The Morgan fingerprint density at radius 3 is 2.67 bits per heavy atom. The van der Waals surface area contributed by atoms with E-state index >= 15 is 0 Å². The van der Waals surface area contributed by atoms with E-state index in [9.17, 15) is 13.6 Å². The van der Waals surface area contributed by atoms with E-state index in [1.165, 1.54) is 18.3 Å².